The van der Waals surface area contributed by atoms with E-state index in [1.54, 1.807) is 31.2 Å². The summed E-state index contributed by atoms with van der Waals surface area (Å²) in [5.41, 5.74) is 0.544. The third-order valence-electron chi connectivity index (χ3n) is 3.63. The van der Waals surface area contributed by atoms with Crippen LogP contribution in [0.1, 0.15) is 49.4 Å². The lowest BCUT2D eigenvalue weighted by atomic mass is 9.95. The summed E-state index contributed by atoms with van der Waals surface area (Å²) >= 11 is 0. The molecule has 1 N–H and O–H groups in total. The van der Waals surface area contributed by atoms with Crippen molar-refractivity contribution in [2.24, 2.45) is 0 Å². The van der Waals surface area contributed by atoms with E-state index in [2.05, 4.69) is 5.32 Å². The minimum atomic E-state index is -0.557. The number of amides is 1. The molecular formula is C16H21NO3. The molecule has 0 radical (unpaired) electrons. The Bertz CT molecular complexity index is 467. The summed E-state index contributed by atoms with van der Waals surface area (Å²) < 4.78 is 5.59. The number of ether oxygens (including phenoxy) is 1. The van der Waals surface area contributed by atoms with Crippen molar-refractivity contribution in [1.29, 1.82) is 0 Å². The molecule has 20 heavy (non-hydrogen) atoms. The second-order valence-corrected chi connectivity index (χ2v) is 5.29. The molecule has 1 aliphatic carbocycles. The summed E-state index contributed by atoms with van der Waals surface area (Å²) in [6, 6.07) is 7.11. The molecule has 0 aromatic heterocycles. The van der Waals surface area contributed by atoms with Crippen molar-refractivity contribution in [2.75, 3.05) is 0 Å². The highest BCUT2D eigenvalue weighted by atomic mass is 16.5. The lowest BCUT2D eigenvalue weighted by molar-refractivity contribution is -0.128. The van der Waals surface area contributed by atoms with Gasteiger partial charge in [0.1, 0.15) is 12.0 Å². The van der Waals surface area contributed by atoms with Gasteiger partial charge in [-0.1, -0.05) is 31.4 Å². The Labute approximate surface area is 119 Å². The molecule has 1 unspecified atom stereocenters. The number of carbonyl (C=O) groups excluding carboxylic acids is 2. The van der Waals surface area contributed by atoms with E-state index in [9.17, 15) is 9.59 Å². The summed E-state index contributed by atoms with van der Waals surface area (Å²) in [5.74, 6) is 0.453. The highest BCUT2D eigenvalue weighted by molar-refractivity contribution is 5.81. The first-order chi connectivity index (χ1) is 9.69. The number of hydrogen-bond donors (Lipinski definition) is 1. The zero-order valence-corrected chi connectivity index (χ0v) is 11.8. The Balaban J connectivity index is 1.87. The molecule has 1 fully saturated rings. The van der Waals surface area contributed by atoms with E-state index in [1.165, 1.54) is 19.3 Å². The van der Waals surface area contributed by atoms with Gasteiger partial charge in [0, 0.05) is 11.6 Å². The van der Waals surface area contributed by atoms with E-state index in [-0.39, 0.29) is 11.9 Å². The van der Waals surface area contributed by atoms with Gasteiger partial charge in [0.05, 0.1) is 0 Å². The summed E-state index contributed by atoms with van der Waals surface area (Å²) in [4.78, 5) is 22.8. The Morgan fingerprint density at radius 1 is 1.35 bits per heavy atom. The van der Waals surface area contributed by atoms with E-state index < -0.39 is 6.10 Å². The SMILES string of the molecule is CC(Oc1cccc(C=O)c1)C(=O)NC1CCCCC1. The fourth-order valence-electron chi connectivity index (χ4n) is 2.48. The molecule has 1 aromatic rings. The third-order valence-corrected chi connectivity index (χ3v) is 3.63. The van der Waals surface area contributed by atoms with Crippen LogP contribution in [-0.4, -0.2) is 24.3 Å². The summed E-state index contributed by atoms with van der Waals surface area (Å²) in [6.45, 7) is 1.73. The molecule has 2 rings (SSSR count). The van der Waals surface area contributed by atoms with Gasteiger partial charge < -0.3 is 10.1 Å². The van der Waals surface area contributed by atoms with Crippen molar-refractivity contribution >= 4 is 12.2 Å². The molecule has 1 amide bonds. The lowest BCUT2D eigenvalue weighted by Crippen LogP contribution is -2.43. The molecule has 0 spiro atoms. The maximum absolute atomic E-state index is 12.1. The zero-order chi connectivity index (χ0) is 14.4. The molecule has 0 saturated heterocycles. The number of aldehydes is 1. The first-order valence-electron chi connectivity index (χ1n) is 7.21. The fraction of sp³-hybridized carbons (Fsp3) is 0.500. The summed E-state index contributed by atoms with van der Waals surface area (Å²) in [6.07, 6.45) is 5.94. The molecule has 0 heterocycles. The Morgan fingerprint density at radius 3 is 2.80 bits per heavy atom. The van der Waals surface area contributed by atoms with Crippen LogP contribution in [0, 0.1) is 0 Å². The van der Waals surface area contributed by atoms with Crippen LogP contribution < -0.4 is 10.1 Å². The van der Waals surface area contributed by atoms with Gasteiger partial charge >= 0.3 is 0 Å². The molecular weight excluding hydrogens is 254 g/mol. The summed E-state index contributed by atoms with van der Waals surface area (Å²) in [5, 5.41) is 3.03. The largest absolute Gasteiger partial charge is 0.481 e. The van der Waals surface area contributed by atoms with Crippen molar-refractivity contribution < 1.29 is 14.3 Å². The van der Waals surface area contributed by atoms with Gasteiger partial charge in [0.25, 0.3) is 5.91 Å². The number of carbonyl (C=O) groups is 2. The first kappa shape index (κ1) is 14.6. The van der Waals surface area contributed by atoms with Crippen molar-refractivity contribution in [3.63, 3.8) is 0 Å². The van der Waals surface area contributed by atoms with Gasteiger partial charge in [-0.15, -0.1) is 0 Å². The van der Waals surface area contributed by atoms with E-state index in [1.807, 2.05) is 0 Å². The highest BCUT2D eigenvalue weighted by Gasteiger charge is 2.20. The van der Waals surface area contributed by atoms with Gasteiger partial charge in [0.15, 0.2) is 6.10 Å². The lowest BCUT2D eigenvalue weighted by Gasteiger charge is -2.24. The Hall–Kier alpha value is -1.84. The third kappa shape index (κ3) is 4.08. The zero-order valence-electron chi connectivity index (χ0n) is 11.8. The van der Waals surface area contributed by atoms with Gasteiger partial charge in [-0.25, -0.2) is 0 Å². The topological polar surface area (TPSA) is 55.4 Å². The average Bonchev–Trinajstić information content (AvgIpc) is 2.48. The van der Waals surface area contributed by atoms with Crippen LogP contribution in [0.3, 0.4) is 0 Å². The van der Waals surface area contributed by atoms with E-state index in [4.69, 9.17) is 4.74 Å². The van der Waals surface area contributed by atoms with Gasteiger partial charge in [-0.05, 0) is 31.9 Å². The van der Waals surface area contributed by atoms with Crippen LogP contribution in [0.2, 0.25) is 0 Å². The molecule has 1 atom stereocenters. The molecule has 0 bridgehead atoms. The molecule has 1 aliphatic rings. The van der Waals surface area contributed by atoms with Crippen LogP contribution in [0.15, 0.2) is 24.3 Å². The minimum Gasteiger partial charge on any atom is -0.481 e. The van der Waals surface area contributed by atoms with Gasteiger partial charge in [0.2, 0.25) is 0 Å². The number of rotatable bonds is 5. The predicted molar refractivity (Wildman–Crippen MR) is 76.9 cm³/mol. The molecule has 4 heteroatoms. The smallest absolute Gasteiger partial charge is 0.260 e. The normalized spacial score (nSPS) is 17.2. The van der Waals surface area contributed by atoms with Gasteiger partial charge in [-0.2, -0.15) is 0 Å². The van der Waals surface area contributed by atoms with Crippen molar-refractivity contribution in [2.45, 2.75) is 51.2 Å². The first-order valence-corrected chi connectivity index (χ1v) is 7.21. The number of nitrogens with one attached hydrogen (secondary N) is 1. The Kier molecular flexibility index (Phi) is 5.16. The number of benzene rings is 1. The predicted octanol–water partition coefficient (Wildman–Crippen LogP) is 2.72. The minimum absolute atomic E-state index is 0.0894. The fourth-order valence-corrected chi connectivity index (χ4v) is 2.48. The molecule has 1 saturated carbocycles. The van der Waals surface area contributed by atoms with Gasteiger partial charge in [-0.3, -0.25) is 9.59 Å². The highest BCUT2D eigenvalue weighted by Crippen LogP contribution is 2.18. The van der Waals surface area contributed by atoms with E-state index in [0.717, 1.165) is 19.1 Å². The van der Waals surface area contributed by atoms with Crippen LogP contribution >= 0.6 is 0 Å². The molecule has 4 nitrogen and oxygen atoms in total. The molecule has 1 aromatic carbocycles. The van der Waals surface area contributed by atoms with Crippen LogP contribution in [0.25, 0.3) is 0 Å². The second kappa shape index (κ2) is 7.08. The monoisotopic (exact) mass is 275 g/mol. The average molecular weight is 275 g/mol. The van der Waals surface area contributed by atoms with Crippen molar-refractivity contribution in [3.05, 3.63) is 29.8 Å². The van der Waals surface area contributed by atoms with Crippen LogP contribution in [-0.2, 0) is 4.79 Å². The van der Waals surface area contributed by atoms with Crippen LogP contribution in [0.5, 0.6) is 5.75 Å². The standard InChI is InChI=1S/C16H21NO3/c1-12(16(19)17-14-7-3-2-4-8-14)20-15-9-5-6-13(10-15)11-18/h5-6,9-12,14H,2-4,7-8H2,1H3,(H,17,19). The summed E-state index contributed by atoms with van der Waals surface area (Å²) in [7, 11) is 0. The maximum Gasteiger partial charge on any atom is 0.260 e. The molecule has 0 aliphatic heterocycles. The van der Waals surface area contributed by atoms with E-state index >= 15 is 0 Å². The van der Waals surface area contributed by atoms with Crippen molar-refractivity contribution in [3.8, 4) is 5.75 Å². The van der Waals surface area contributed by atoms with Crippen LogP contribution in [0.4, 0.5) is 0 Å². The molecule has 108 valence electrons. The van der Waals surface area contributed by atoms with E-state index in [0.29, 0.717) is 11.3 Å². The number of hydrogen-bond acceptors (Lipinski definition) is 3. The maximum atomic E-state index is 12.1. The second-order valence-electron chi connectivity index (χ2n) is 5.29. The quantitative estimate of drug-likeness (QED) is 0.841. The van der Waals surface area contributed by atoms with Crippen molar-refractivity contribution in [1.82, 2.24) is 5.32 Å². The Morgan fingerprint density at radius 2 is 2.10 bits per heavy atom.